The third-order valence-corrected chi connectivity index (χ3v) is 18.7. The molecule has 0 N–H and O–H groups in total. The van der Waals surface area contributed by atoms with Gasteiger partial charge in [-0.2, -0.15) is 0 Å². The third-order valence-electron chi connectivity index (χ3n) is 18.7. The van der Waals surface area contributed by atoms with Crippen LogP contribution in [0.5, 0.6) is 34.5 Å². The van der Waals surface area contributed by atoms with Gasteiger partial charge in [-0.25, -0.2) is 28.8 Å². The standard InChI is InChI=1S/C89H118O18/c1-25-97-73(91)49-103-79-56-30-54-36-66(84(6,7)8)37-55(78(54)102-48-72(90)96-24)31-57-39-68(86(12,13)14)41-59(80(57)104-50-74(92)98-26-2)33-61-43-70(88(18,19)20)45-63(82(61)106-52-76(94)100-28-4)35-65-47-71(89(21,22)23)46-64(83(65)107-53-77(95)101-29-5)34-62-44-69(87(15,16)17)42-60(81(62)105-51-75(93)99-27-3)32-58(79)40-67(38-56)85(9,10)11/h36-47H,25-35,48-53H2,1-24H3. The van der Waals surface area contributed by atoms with Gasteiger partial charge < -0.3 is 56.8 Å². The molecule has 1 aliphatic rings. The first-order valence-electron chi connectivity index (χ1n) is 37.6. The molecule has 18 nitrogen and oxygen atoms in total. The second kappa shape index (κ2) is 35.8. The molecule has 0 saturated carbocycles. The zero-order chi connectivity index (χ0) is 79.3. The molecular weight excluding hydrogens is 1360 g/mol. The van der Waals surface area contributed by atoms with Crippen LogP contribution in [0.3, 0.4) is 0 Å². The lowest BCUT2D eigenvalue weighted by Crippen LogP contribution is -2.21. The number of methoxy groups -OCH3 is 1. The summed E-state index contributed by atoms with van der Waals surface area (Å²) in [6.45, 7) is 44.8. The van der Waals surface area contributed by atoms with Gasteiger partial charge in [0, 0.05) is 38.5 Å². The minimum Gasteiger partial charge on any atom is -0.481 e. The van der Waals surface area contributed by atoms with E-state index in [0.29, 0.717) is 101 Å². The van der Waals surface area contributed by atoms with Gasteiger partial charge in [-0.15, -0.1) is 0 Å². The lowest BCUT2D eigenvalue weighted by atomic mass is 9.79. The van der Waals surface area contributed by atoms with Crippen LogP contribution >= 0.6 is 0 Å². The molecule has 12 bridgehead atoms. The second-order valence-electron chi connectivity index (χ2n) is 33.6. The fraction of sp³-hybridized carbons (Fsp3) is 0.528. The molecule has 0 heterocycles. The summed E-state index contributed by atoms with van der Waals surface area (Å²) in [5.41, 5.74) is 10.7. The van der Waals surface area contributed by atoms with E-state index < -0.39 is 108 Å². The minimum absolute atomic E-state index is 0.112. The number of carbonyl (C=O) groups excluding carboxylic acids is 6. The highest BCUT2D eigenvalue weighted by Gasteiger charge is 2.33. The summed E-state index contributed by atoms with van der Waals surface area (Å²) in [6.07, 6.45) is 0.776. The molecule has 0 aromatic heterocycles. The number of rotatable bonds is 23. The maximum atomic E-state index is 13.8. The van der Waals surface area contributed by atoms with E-state index in [1.165, 1.54) is 7.11 Å². The average Bonchev–Trinajstić information content (AvgIpc) is 0.769. The van der Waals surface area contributed by atoms with E-state index in [0.717, 1.165) is 33.4 Å². The highest BCUT2D eigenvalue weighted by molar-refractivity contribution is 5.75. The van der Waals surface area contributed by atoms with E-state index in [-0.39, 0.29) is 71.6 Å². The van der Waals surface area contributed by atoms with Crippen LogP contribution in [-0.4, -0.2) is 116 Å². The Labute approximate surface area is 635 Å². The fourth-order valence-electron chi connectivity index (χ4n) is 12.9. The number of ether oxygens (including phenoxy) is 12. The van der Waals surface area contributed by atoms with Crippen LogP contribution in [0.25, 0.3) is 0 Å². The van der Waals surface area contributed by atoms with Crippen LogP contribution in [0.1, 0.15) is 259 Å². The van der Waals surface area contributed by atoms with Gasteiger partial charge in [0.1, 0.15) is 34.5 Å². The highest BCUT2D eigenvalue weighted by Crippen LogP contribution is 2.47. The van der Waals surface area contributed by atoms with E-state index in [2.05, 4.69) is 197 Å². The third kappa shape index (κ3) is 23.2. The van der Waals surface area contributed by atoms with Crippen molar-refractivity contribution in [2.75, 3.05) is 79.8 Å². The number of fused-ring (bicyclic) bond motifs is 12. The second-order valence-corrected chi connectivity index (χ2v) is 33.6. The summed E-state index contributed by atoms with van der Waals surface area (Å²) in [4.78, 5) is 82.7. The number of hydrogen-bond donors (Lipinski definition) is 0. The number of benzene rings is 6. The highest BCUT2D eigenvalue weighted by atomic mass is 16.6. The zero-order valence-electron chi connectivity index (χ0n) is 68.3. The van der Waals surface area contributed by atoms with Gasteiger partial charge in [0.25, 0.3) is 0 Å². The summed E-state index contributed by atoms with van der Waals surface area (Å²) in [7, 11) is 1.31. The van der Waals surface area contributed by atoms with Gasteiger partial charge in [0.15, 0.2) is 39.6 Å². The quantitative estimate of drug-likeness (QED) is 0.0430. The van der Waals surface area contributed by atoms with Crippen LogP contribution in [0, 0.1) is 0 Å². The predicted octanol–water partition coefficient (Wildman–Crippen LogP) is 16.6. The molecule has 0 spiro atoms. The molecule has 582 valence electrons. The van der Waals surface area contributed by atoms with Crippen molar-refractivity contribution in [2.24, 2.45) is 0 Å². The molecular formula is C89H118O18. The molecule has 0 fully saturated rings. The molecule has 18 heteroatoms. The first kappa shape index (κ1) is 85.2. The topological polar surface area (TPSA) is 213 Å². The van der Waals surface area contributed by atoms with E-state index in [4.69, 9.17) is 56.8 Å². The Kier molecular flexibility index (Phi) is 28.5. The number of hydrogen-bond acceptors (Lipinski definition) is 18. The molecule has 6 aromatic carbocycles. The van der Waals surface area contributed by atoms with Gasteiger partial charge in [-0.1, -0.05) is 197 Å². The van der Waals surface area contributed by atoms with Crippen molar-refractivity contribution in [1.29, 1.82) is 0 Å². The Bertz CT molecular complexity index is 3810. The number of esters is 6. The fourth-order valence-corrected chi connectivity index (χ4v) is 12.9. The van der Waals surface area contributed by atoms with Crippen LogP contribution in [-0.2, 0) is 128 Å². The molecule has 0 saturated heterocycles. The SMILES string of the molecule is CCOC(=O)COc1c2cc(C(C)(C)C)cc1Cc1cc(C(C)(C)C)cc(c1OCC(=O)OCC)Cc1cc(C(C)(C)C)cc(c1OCC(=O)OCC)Cc1cc(C(C)(C)C)cc(c1OCC(=O)OCC)Cc1cc(C(C)(C)C)cc(c1OCC(=O)OCC)Cc1cc(C(C)(C)C)cc(c1OCC(=O)OC)C2. The van der Waals surface area contributed by atoms with E-state index in [1.54, 1.807) is 34.6 Å². The summed E-state index contributed by atoms with van der Waals surface area (Å²) in [6, 6.07) is 25.2. The minimum atomic E-state index is -0.620. The van der Waals surface area contributed by atoms with E-state index >= 15 is 0 Å². The maximum absolute atomic E-state index is 13.8. The van der Waals surface area contributed by atoms with Crippen molar-refractivity contribution in [2.45, 2.75) is 230 Å². The molecule has 107 heavy (non-hydrogen) atoms. The van der Waals surface area contributed by atoms with Crippen molar-refractivity contribution in [3.63, 3.8) is 0 Å². The van der Waals surface area contributed by atoms with Gasteiger partial charge in [-0.3, -0.25) is 0 Å². The lowest BCUT2D eigenvalue weighted by Gasteiger charge is -2.29. The Morgan fingerprint density at radius 1 is 0.234 bits per heavy atom. The Hall–Kier alpha value is -9.06. The first-order valence-corrected chi connectivity index (χ1v) is 37.6. The van der Waals surface area contributed by atoms with E-state index in [1.807, 2.05) is 0 Å². The lowest BCUT2D eigenvalue weighted by molar-refractivity contribution is -0.146. The molecule has 0 amide bonds. The molecule has 1 aliphatic carbocycles. The summed E-state index contributed by atoms with van der Waals surface area (Å²) in [5.74, 6) is -1.22. The Morgan fingerprint density at radius 2 is 0.355 bits per heavy atom. The van der Waals surface area contributed by atoms with E-state index in [9.17, 15) is 28.8 Å². The van der Waals surface area contributed by atoms with Gasteiger partial charge in [0.2, 0.25) is 0 Å². The van der Waals surface area contributed by atoms with Gasteiger partial charge in [-0.05, 0) is 167 Å². The van der Waals surface area contributed by atoms with Crippen molar-refractivity contribution < 1.29 is 85.6 Å². The largest absolute Gasteiger partial charge is 0.481 e. The summed E-state index contributed by atoms with van der Waals surface area (Å²) in [5, 5.41) is 0. The van der Waals surface area contributed by atoms with Crippen LogP contribution in [0.4, 0.5) is 0 Å². The first-order chi connectivity index (χ1) is 50.0. The predicted molar refractivity (Wildman–Crippen MR) is 416 cm³/mol. The molecule has 7 rings (SSSR count). The Morgan fingerprint density at radius 3 is 0.458 bits per heavy atom. The summed E-state index contributed by atoms with van der Waals surface area (Å²) >= 11 is 0. The van der Waals surface area contributed by atoms with Crippen LogP contribution in [0.15, 0.2) is 72.8 Å². The van der Waals surface area contributed by atoms with Crippen molar-refractivity contribution in [1.82, 2.24) is 0 Å². The van der Waals surface area contributed by atoms with Crippen molar-refractivity contribution in [3.8, 4) is 34.5 Å². The van der Waals surface area contributed by atoms with Crippen LogP contribution in [0.2, 0.25) is 0 Å². The monoisotopic (exact) mass is 1470 g/mol. The smallest absolute Gasteiger partial charge is 0.344 e. The van der Waals surface area contributed by atoms with Crippen molar-refractivity contribution in [3.05, 3.63) is 173 Å². The molecule has 0 aliphatic heterocycles. The van der Waals surface area contributed by atoms with Crippen LogP contribution < -0.4 is 28.4 Å². The van der Waals surface area contributed by atoms with Crippen molar-refractivity contribution >= 4 is 35.8 Å². The zero-order valence-corrected chi connectivity index (χ0v) is 68.3. The Balaban J connectivity index is 1.81. The number of carbonyl (C=O) groups is 6. The average molecular weight is 1480 g/mol. The summed E-state index contributed by atoms with van der Waals surface area (Å²) < 4.78 is 74.7. The molecule has 0 unspecified atom stereocenters. The molecule has 6 aromatic rings. The molecule has 0 radical (unpaired) electrons. The van der Waals surface area contributed by atoms with Gasteiger partial charge in [0.05, 0.1) is 40.1 Å². The molecule has 0 atom stereocenters. The van der Waals surface area contributed by atoms with Gasteiger partial charge >= 0.3 is 35.8 Å². The normalized spacial score (nSPS) is 12.9. The maximum Gasteiger partial charge on any atom is 0.344 e.